The van der Waals surface area contributed by atoms with E-state index >= 15 is 0 Å². The number of aliphatic hydroxyl groups excluding tert-OH is 1. The minimum Gasteiger partial charge on any atom is -0.396 e. The Morgan fingerprint density at radius 1 is 1.00 bits per heavy atom. The van der Waals surface area contributed by atoms with Crippen LogP contribution in [0.1, 0.15) is 59.3 Å². The molecular formula is C33H36Cl2N2O6S. The Kier molecular flexibility index (Phi) is 8.71. The van der Waals surface area contributed by atoms with Crippen molar-refractivity contribution in [1.29, 1.82) is 0 Å². The van der Waals surface area contributed by atoms with Crippen molar-refractivity contribution in [3.8, 4) is 0 Å². The van der Waals surface area contributed by atoms with Crippen LogP contribution in [-0.2, 0) is 38.3 Å². The normalized spacial score (nSPS) is 22.2. The van der Waals surface area contributed by atoms with Crippen molar-refractivity contribution in [2.24, 2.45) is 5.41 Å². The Hall–Kier alpha value is -2.34. The van der Waals surface area contributed by atoms with E-state index < -0.39 is 22.3 Å². The van der Waals surface area contributed by atoms with Gasteiger partial charge in [-0.3, -0.25) is 9.69 Å². The molecule has 1 amide bonds. The zero-order valence-electron chi connectivity index (χ0n) is 24.7. The van der Waals surface area contributed by atoms with Gasteiger partial charge in [-0.05, 0) is 68.1 Å². The summed E-state index contributed by atoms with van der Waals surface area (Å²) < 4.78 is 28.1. The summed E-state index contributed by atoms with van der Waals surface area (Å²) in [6.45, 7) is 5.57. The van der Waals surface area contributed by atoms with E-state index in [0.717, 1.165) is 12.8 Å². The molecule has 2 atom stereocenters. The van der Waals surface area contributed by atoms with Gasteiger partial charge in [-0.15, -0.1) is 0 Å². The van der Waals surface area contributed by atoms with E-state index in [0.29, 0.717) is 69.1 Å². The lowest BCUT2D eigenvalue weighted by molar-refractivity contribution is -0.129. The first-order valence-corrected chi connectivity index (χ1v) is 16.6. The SMILES string of the molecule is CC(C)(O)c1ccc2c(c1)C(=O)N(Cc1ccc(Cl)cc1S(=O)N1CCOCC1)[C@@]2(OCC1(CO)CC1)c1ccc(Cl)cc1. The Morgan fingerprint density at radius 3 is 2.32 bits per heavy atom. The fourth-order valence-electron chi connectivity index (χ4n) is 5.87. The summed E-state index contributed by atoms with van der Waals surface area (Å²) in [5, 5.41) is 22.0. The Balaban J connectivity index is 1.51. The minimum atomic E-state index is -1.54. The second-order valence-electron chi connectivity index (χ2n) is 12.4. The van der Waals surface area contributed by atoms with Crippen LogP contribution in [0.25, 0.3) is 0 Å². The number of amides is 1. The molecule has 6 rings (SSSR count). The summed E-state index contributed by atoms with van der Waals surface area (Å²) in [6, 6.07) is 17.8. The number of nitrogens with zero attached hydrogens (tertiary/aromatic N) is 2. The van der Waals surface area contributed by atoms with Crippen LogP contribution in [0.15, 0.2) is 65.6 Å². The molecule has 8 nitrogen and oxygen atoms in total. The van der Waals surface area contributed by atoms with Crippen LogP contribution in [-0.4, -0.2) is 69.1 Å². The van der Waals surface area contributed by atoms with E-state index in [1.54, 1.807) is 55.1 Å². The molecule has 234 valence electrons. The maximum Gasteiger partial charge on any atom is 0.257 e. The second kappa shape index (κ2) is 12.1. The third-order valence-electron chi connectivity index (χ3n) is 8.81. The zero-order valence-corrected chi connectivity index (χ0v) is 27.1. The van der Waals surface area contributed by atoms with E-state index in [1.807, 2.05) is 28.6 Å². The smallest absolute Gasteiger partial charge is 0.257 e. The molecule has 0 bridgehead atoms. The molecule has 2 fully saturated rings. The highest BCUT2D eigenvalue weighted by Gasteiger charge is 2.55. The quantitative estimate of drug-likeness (QED) is 0.310. The molecule has 3 aliphatic rings. The van der Waals surface area contributed by atoms with Crippen molar-refractivity contribution in [2.75, 3.05) is 39.5 Å². The molecule has 1 saturated carbocycles. The van der Waals surface area contributed by atoms with Gasteiger partial charge in [0.15, 0.2) is 5.72 Å². The second-order valence-corrected chi connectivity index (χ2v) is 14.7. The molecule has 3 aromatic carbocycles. The maximum absolute atomic E-state index is 14.6. The molecule has 11 heteroatoms. The summed E-state index contributed by atoms with van der Waals surface area (Å²) in [6.07, 6.45) is 1.64. The van der Waals surface area contributed by atoms with Crippen LogP contribution in [0.3, 0.4) is 0 Å². The van der Waals surface area contributed by atoms with Gasteiger partial charge in [-0.25, -0.2) is 8.51 Å². The van der Waals surface area contributed by atoms with Gasteiger partial charge < -0.3 is 19.7 Å². The van der Waals surface area contributed by atoms with E-state index in [-0.39, 0.29) is 31.1 Å². The van der Waals surface area contributed by atoms with Gasteiger partial charge in [0.05, 0.1) is 43.5 Å². The highest BCUT2D eigenvalue weighted by Crippen LogP contribution is 2.52. The number of hydrogen-bond donors (Lipinski definition) is 2. The summed E-state index contributed by atoms with van der Waals surface area (Å²) >= 11 is 12.7. The van der Waals surface area contributed by atoms with Crippen molar-refractivity contribution in [1.82, 2.24) is 9.21 Å². The number of ether oxygens (including phenoxy) is 2. The average Bonchev–Trinajstić information content (AvgIpc) is 3.77. The fraction of sp³-hybridized carbons (Fsp3) is 0.424. The number of morpholine rings is 1. The average molecular weight is 660 g/mol. The monoisotopic (exact) mass is 658 g/mol. The molecular weight excluding hydrogens is 623 g/mol. The molecule has 1 unspecified atom stereocenters. The lowest BCUT2D eigenvalue weighted by Crippen LogP contribution is -2.47. The Morgan fingerprint density at radius 2 is 1.68 bits per heavy atom. The van der Waals surface area contributed by atoms with Crippen LogP contribution in [0.2, 0.25) is 10.0 Å². The minimum absolute atomic E-state index is 0.0258. The Labute approximate surface area is 270 Å². The van der Waals surface area contributed by atoms with E-state index in [9.17, 15) is 19.2 Å². The molecule has 1 aliphatic carbocycles. The van der Waals surface area contributed by atoms with Crippen molar-refractivity contribution >= 4 is 40.1 Å². The van der Waals surface area contributed by atoms with Gasteiger partial charge in [0.25, 0.3) is 5.91 Å². The standard InChI is InChI=1S/C33H36Cl2N2O6S/c1-31(2,40)24-6-10-28-27(17-24)30(39)37(19-22-3-7-26(35)18-29(22)44(41)36-13-15-42-16-14-36)33(28,23-4-8-25(34)9-5-23)43-21-32(20-38)11-12-32/h3-10,17-18,38,40H,11-16,19-21H2,1-2H3/t33-,44?/m1/s1. The zero-order chi connectivity index (χ0) is 31.3. The third kappa shape index (κ3) is 5.85. The molecule has 2 aliphatic heterocycles. The summed E-state index contributed by atoms with van der Waals surface area (Å²) in [5.41, 5.74) is 0.00206. The van der Waals surface area contributed by atoms with Gasteiger partial charge in [0.2, 0.25) is 0 Å². The van der Waals surface area contributed by atoms with Crippen LogP contribution in [0.5, 0.6) is 0 Å². The summed E-state index contributed by atoms with van der Waals surface area (Å²) in [4.78, 5) is 16.7. The van der Waals surface area contributed by atoms with Crippen molar-refractivity contribution in [2.45, 2.75) is 49.5 Å². The van der Waals surface area contributed by atoms with Crippen molar-refractivity contribution in [3.63, 3.8) is 0 Å². The number of fused-ring (bicyclic) bond motifs is 1. The van der Waals surface area contributed by atoms with Crippen LogP contribution >= 0.6 is 23.2 Å². The number of halogens is 2. The number of benzene rings is 3. The number of aliphatic hydroxyl groups is 2. The first kappa shape index (κ1) is 31.6. The lowest BCUT2D eigenvalue weighted by Gasteiger charge is -2.41. The summed E-state index contributed by atoms with van der Waals surface area (Å²) in [5.74, 6) is -0.298. The first-order valence-electron chi connectivity index (χ1n) is 14.7. The fourth-order valence-corrected chi connectivity index (χ4v) is 7.57. The number of rotatable bonds is 10. The molecule has 0 aromatic heterocycles. The number of hydrogen-bond acceptors (Lipinski definition) is 6. The van der Waals surface area contributed by atoms with Crippen LogP contribution in [0, 0.1) is 5.41 Å². The molecule has 1 saturated heterocycles. The van der Waals surface area contributed by atoms with Gasteiger partial charge in [-0.2, -0.15) is 0 Å². The van der Waals surface area contributed by atoms with Gasteiger partial charge in [0, 0.05) is 45.2 Å². The Bertz CT molecular complexity index is 1580. The largest absolute Gasteiger partial charge is 0.396 e. The molecule has 0 radical (unpaired) electrons. The van der Waals surface area contributed by atoms with E-state index in [4.69, 9.17) is 32.7 Å². The molecule has 3 aromatic rings. The predicted molar refractivity (Wildman–Crippen MR) is 169 cm³/mol. The van der Waals surface area contributed by atoms with Gasteiger partial charge in [-0.1, -0.05) is 53.5 Å². The number of carbonyl (C=O) groups is 1. The lowest BCUT2D eigenvalue weighted by atomic mass is 9.89. The van der Waals surface area contributed by atoms with Gasteiger partial charge >= 0.3 is 0 Å². The van der Waals surface area contributed by atoms with E-state index in [2.05, 4.69) is 0 Å². The maximum atomic E-state index is 14.6. The van der Waals surface area contributed by atoms with E-state index in [1.165, 1.54) is 0 Å². The molecule has 2 N–H and O–H groups in total. The molecule has 2 heterocycles. The summed E-state index contributed by atoms with van der Waals surface area (Å²) in [7, 11) is -1.54. The topological polar surface area (TPSA) is 99.5 Å². The third-order valence-corrected chi connectivity index (χ3v) is 10.9. The highest BCUT2D eigenvalue weighted by atomic mass is 35.5. The van der Waals surface area contributed by atoms with Crippen molar-refractivity contribution in [3.05, 3.63) is 98.5 Å². The first-order chi connectivity index (χ1) is 21.0. The number of carbonyl (C=O) groups excluding carboxylic acids is 1. The van der Waals surface area contributed by atoms with Crippen LogP contribution < -0.4 is 0 Å². The van der Waals surface area contributed by atoms with Gasteiger partial charge in [0.1, 0.15) is 11.0 Å². The predicted octanol–water partition coefficient (Wildman–Crippen LogP) is 5.22. The van der Waals surface area contributed by atoms with Crippen molar-refractivity contribution < 1.29 is 28.7 Å². The van der Waals surface area contributed by atoms with Crippen LogP contribution in [0.4, 0.5) is 0 Å². The highest BCUT2D eigenvalue weighted by molar-refractivity contribution is 7.82. The molecule has 44 heavy (non-hydrogen) atoms. The molecule has 0 spiro atoms.